The van der Waals surface area contributed by atoms with E-state index in [0.717, 1.165) is 38.6 Å². The third kappa shape index (κ3) is 3.45. The number of thioether (sulfide) groups is 1. The maximum Gasteiger partial charge on any atom is 0.123 e. The molecule has 0 atom stereocenters. The highest BCUT2D eigenvalue weighted by molar-refractivity contribution is 7.97. The van der Waals surface area contributed by atoms with Gasteiger partial charge in [0.1, 0.15) is 10.8 Å². The van der Waals surface area contributed by atoms with Crippen LogP contribution >= 0.6 is 34.7 Å². The van der Waals surface area contributed by atoms with Crippen molar-refractivity contribution in [2.75, 3.05) is 0 Å². The number of aromatic nitrogens is 1. The second-order valence-corrected chi connectivity index (χ2v) is 6.50. The fourth-order valence-corrected chi connectivity index (χ4v) is 3.63. The molecule has 0 aliphatic heterocycles. The number of thiazole rings is 1. The van der Waals surface area contributed by atoms with Gasteiger partial charge in [-0.05, 0) is 24.3 Å². The molecule has 2 heterocycles. The smallest absolute Gasteiger partial charge is 0.123 e. The Kier molecular flexibility index (Phi) is 4.45. The van der Waals surface area contributed by atoms with Gasteiger partial charge in [0.2, 0.25) is 0 Å². The zero-order valence-electron chi connectivity index (χ0n) is 10.6. The molecule has 5 heteroatoms. The molecule has 3 aromatic rings. The predicted octanol–water partition coefficient (Wildman–Crippen LogP) is 5.49. The largest absolute Gasteiger partial charge is 0.468 e. The lowest BCUT2D eigenvalue weighted by atomic mass is 10.2. The summed E-state index contributed by atoms with van der Waals surface area (Å²) in [5.41, 5.74) is 2.22. The molecule has 0 aliphatic carbocycles. The lowest BCUT2D eigenvalue weighted by Crippen LogP contribution is -1.83. The molecule has 3 rings (SSSR count). The van der Waals surface area contributed by atoms with E-state index >= 15 is 0 Å². The molecule has 0 amide bonds. The van der Waals surface area contributed by atoms with E-state index in [1.165, 1.54) is 0 Å². The summed E-state index contributed by atoms with van der Waals surface area (Å²) in [5, 5.41) is 3.90. The molecule has 0 aliphatic rings. The average Bonchev–Trinajstić information content (AvgIpc) is 3.11. The number of hydrogen-bond donors (Lipinski definition) is 0. The third-order valence-corrected chi connectivity index (χ3v) is 4.90. The van der Waals surface area contributed by atoms with E-state index < -0.39 is 0 Å². The van der Waals surface area contributed by atoms with Gasteiger partial charge in [0.05, 0.1) is 17.7 Å². The highest BCUT2D eigenvalue weighted by Crippen LogP contribution is 2.27. The van der Waals surface area contributed by atoms with Crippen LogP contribution < -0.4 is 0 Å². The van der Waals surface area contributed by atoms with Crippen LogP contribution in [0.3, 0.4) is 0 Å². The first-order valence-corrected chi connectivity index (χ1v) is 8.53. The van der Waals surface area contributed by atoms with Gasteiger partial charge >= 0.3 is 0 Å². The average molecular weight is 322 g/mol. The Balaban J connectivity index is 1.60. The summed E-state index contributed by atoms with van der Waals surface area (Å²) in [4.78, 5) is 4.65. The van der Waals surface area contributed by atoms with Crippen molar-refractivity contribution in [3.8, 4) is 10.6 Å². The van der Waals surface area contributed by atoms with Crippen LogP contribution in [0.2, 0.25) is 5.02 Å². The fourth-order valence-electron chi connectivity index (χ4n) is 1.75. The van der Waals surface area contributed by atoms with Crippen molar-refractivity contribution in [3.63, 3.8) is 0 Å². The molecule has 20 heavy (non-hydrogen) atoms. The molecule has 2 aromatic heterocycles. The fraction of sp³-hybridized carbons (Fsp3) is 0.133. The molecule has 0 N–H and O–H groups in total. The van der Waals surface area contributed by atoms with E-state index in [1.807, 2.05) is 36.4 Å². The molecule has 0 saturated heterocycles. The Morgan fingerprint density at radius 1 is 1.15 bits per heavy atom. The second-order valence-electron chi connectivity index (χ2n) is 4.22. The Labute approximate surface area is 130 Å². The van der Waals surface area contributed by atoms with Gasteiger partial charge in [0, 0.05) is 21.7 Å². The van der Waals surface area contributed by atoms with Crippen LogP contribution in [0.5, 0.6) is 0 Å². The first kappa shape index (κ1) is 13.7. The van der Waals surface area contributed by atoms with Crippen molar-refractivity contribution in [1.29, 1.82) is 0 Å². The van der Waals surface area contributed by atoms with Gasteiger partial charge in [0.15, 0.2) is 0 Å². The second kappa shape index (κ2) is 6.48. The van der Waals surface area contributed by atoms with Gasteiger partial charge in [-0.2, -0.15) is 0 Å². The zero-order valence-corrected chi connectivity index (χ0v) is 13.0. The molecule has 0 unspecified atom stereocenters. The van der Waals surface area contributed by atoms with Crippen molar-refractivity contribution < 1.29 is 4.42 Å². The lowest BCUT2D eigenvalue weighted by molar-refractivity contribution is 0.530. The maximum atomic E-state index is 5.89. The zero-order chi connectivity index (χ0) is 13.8. The number of nitrogens with zero attached hydrogens (tertiary/aromatic N) is 1. The number of rotatable bonds is 5. The topological polar surface area (TPSA) is 26.0 Å². The summed E-state index contributed by atoms with van der Waals surface area (Å²) in [6.07, 6.45) is 1.71. The highest BCUT2D eigenvalue weighted by Gasteiger charge is 2.05. The molecule has 0 spiro atoms. The quantitative estimate of drug-likeness (QED) is 0.621. The molecule has 0 fully saturated rings. The molecular formula is C15H12ClNOS2. The first-order chi connectivity index (χ1) is 9.81. The van der Waals surface area contributed by atoms with Crippen molar-refractivity contribution in [1.82, 2.24) is 4.98 Å². The summed E-state index contributed by atoms with van der Waals surface area (Å²) in [6, 6.07) is 11.7. The summed E-state index contributed by atoms with van der Waals surface area (Å²) in [7, 11) is 0. The van der Waals surface area contributed by atoms with E-state index in [4.69, 9.17) is 16.0 Å². The molecule has 0 saturated carbocycles. The van der Waals surface area contributed by atoms with Crippen LogP contribution in [0.25, 0.3) is 10.6 Å². The Bertz CT molecular complexity index is 662. The maximum absolute atomic E-state index is 5.89. The molecule has 0 radical (unpaired) electrons. The van der Waals surface area contributed by atoms with Crippen LogP contribution in [0.1, 0.15) is 11.5 Å². The van der Waals surface area contributed by atoms with Crippen molar-refractivity contribution in [2.45, 2.75) is 11.5 Å². The molecule has 1 aromatic carbocycles. The van der Waals surface area contributed by atoms with Crippen LogP contribution in [0.15, 0.2) is 52.5 Å². The normalized spacial score (nSPS) is 10.8. The third-order valence-electron chi connectivity index (χ3n) is 2.72. The van der Waals surface area contributed by atoms with Crippen LogP contribution in [0.4, 0.5) is 0 Å². The molecule has 2 nitrogen and oxygen atoms in total. The van der Waals surface area contributed by atoms with Gasteiger partial charge in [0.25, 0.3) is 0 Å². The number of hydrogen-bond acceptors (Lipinski definition) is 4. The summed E-state index contributed by atoms with van der Waals surface area (Å²) in [5.74, 6) is 2.77. The van der Waals surface area contributed by atoms with E-state index in [2.05, 4.69) is 10.4 Å². The summed E-state index contributed by atoms with van der Waals surface area (Å²) < 4.78 is 5.31. The minimum atomic E-state index is 0.750. The van der Waals surface area contributed by atoms with E-state index in [9.17, 15) is 0 Å². The predicted molar refractivity (Wildman–Crippen MR) is 86.3 cm³/mol. The minimum Gasteiger partial charge on any atom is -0.468 e. The van der Waals surface area contributed by atoms with Crippen molar-refractivity contribution in [2.24, 2.45) is 0 Å². The van der Waals surface area contributed by atoms with Crippen LogP contribution in [0, 0.1) is 0 Å². The lowest BCUT2D eigenvalue weighted by Gasteiger charge is -1.97. The number of halogens is 1. The number of furan rings is 1. The summed E-state index contributed by atoms with van der Waals surface area (Å²) >= 11 is 9.36. The molecule has 0 bridgehead atoms. The van der Waals surface area contributed by atoms with Gasteiger partial charge in [-0.25, -0.2) is 4.98 Å². The number of benzene rings is 1. The van der Waals surface area contributed by atoms with Gasteiger partial charge < -0.3 is 4.42 Å². The van der Waals surface area contributed by atoms with E-state index in [-0.39, 0.29) is 0 Å². The van der Waals surface area contributed by atoms with Crippen LogP contribution in [-0.4, -0.2) is 4.98 Å². The Morgan fingerprint density at radius 2 is 2.00 bits per heavy atom. The van der Waals surface area contributed by atoms with E-state index in [1.54, 1.807) is 29.4 Å². The van der Waals surface area contributed by atoms with Crippen molar-refractivity contribution >= 4 is 34.7 Å². The summed E-state index contributed by atoms with van der Waals surface area (Å²) in [6.45, 7) is 0. The Hall–Kier alpha value is -1.23. The van der Waals surface area contributed by atoms with Gasteiger partial charge in [-0.15, -0.1) is 23.1 Å². The molecule has 102 valence electrons. The van der Waals surface area contributed by atoms with Crippen molar-refractivity contribution in [3.05, 3.63) is 64.5 Å². The Morgan fingerprint density at radius 3 is 2.75 bits per heavy atom. The standard InChI is InChI=1S/C15H12ClNOS2/c16-12-5-3-11(4-6-12)15-17-13(9-20-15)8-19-10-14-2-1-7-18-14/h1-7,9H,8,10H2. The SMILES string of the molecule is Clc1ccc(-c2nc(CSCc3ccco3)cs2)cc1. The monoisotopic (exact) mass is 321 g/mol. The molecular weight excluding hydrogens is 310 g/mol. The highest BCUT2D eigenvalue weighted by atomic mass is 35.5. The minimum absolute atomic E-state index is 0.750. The van der Waals surface area contributed by atoms with Gasteiger partial charge in [-0.1, -0.05) is 23.7 Å². The van der Waals surface area contributed by atoms with E-state index in [0.29, 0.717) is 0 Å². The first-order valence-electron chi connectivity index (χ1n) is 6.12. The van der Waals surface area contributed by atoms with Crippen LogP contribution in [-0.2, 0) is 11.5 Å². The van der Waals surface area contributed by atoms with Gasteiger partial charge in [-0.3, -0.25) is 0 Å².